The van der Waals surface area contributed by atoms with Crippen LogP contribution < -0.4 is 0 Å². The molecule has 3 rings (SSSR count). The molecule has 0 atom stereocenters. The summed E-state index contributed by atoms with van der Waals surface area (Å²) in [5, 5.41) is 9.21. The van der Waals surface area contributed by atoms with Gasteiger partial charge in [0.15, 0.2) is 10.6 Å². The highest BCUT2D eigenvalue weighted by Crippen LogP contribution is 2.27. The van der Waals surface area contributed by atoms with E-state index in [9.17, 15) is 14.0 Å². The summed E-state index contributed by atoms with van der Waals surface area (Å²) in [6.07, 6.45) is 0. The van der Waals surface area contributed by atoms with Gasteiger partial charge in [-0.05, 0) is 30.4 Å². The molecule has 3 aromatic rings. The Morgan fingerprint density at radius 2 is 2.00 bits per heavy atom. The molecule has 0 aliphatic heterocycles. The molecular formula is C14H6BrF2N3S. The van der Waals surface area contributed by atoms with Crippen molar-refractivity contribution >= 4 is 39.2 Å². The standard InChI is InChI=1S/C14H6BrF2N3S/c15-8-2-1-7(6-18)11(3-8)20-12-5-9(16)4-10(17)13(12)19-14(20)21/h1-5H,(H,19,21). The lowest BCUT2D eigenvalue weighted by Crippen LogP contribution is -1.98. The van der Waals surface area contributed by atoms with Crippen molar-refractivity contribution in [1.82, 2.24) is 9.55 Å². The smallest absolute Gasteiger partial charge is 0.182 e. The summed E-state index contributed by atoms with van der Waals surface area (Å²) in [6, 6.07) is 8.99. The highest BCUT2D eigenvalue weighted by atomic mass is 79.9. The number of hydrogen-bond donors (Lipinski definition) is 1. The average molecular weight is 366 g/mol. The van der Waals surface area contributed by atoms with Crippen LogP contribution >= 0.6 is 28.1 Å². The predicted octanol–water partition coefficient (Wildman–Crippen LogP) is 4.60. The minimum Gasteiger partial charge on any atom is -0.328 e. The van der Waals surface area contributed by atoms with E-state index in [4.69, 9.17) is 12.2 Å². The molecule has 0 saturated heterocycles. The van der Waals surface area contributed by atoms with Gasteiger partial charge in [0.2, 0.25) is 0 Å². The van der Waals surface area contributed by atoms with E-state index in [1.165, 1.54) is 10.6 Å². The highest BCUT2D eigenvalue weighted by Gasteiger charge is 2.15. The molecule has 1 N–H and O–H groups in total. The molecule has 0 unspecified atom stereocenters. The van der Waals surface area contributed by atoms with Gasteiger partial charge in [0.25, 0.3) is 0 Å². The maximum absolute atomic E-state index is 13.8. The van der Waals surface area contributed by atoms with Gasteiger partial charge in [0.05, 0.1) is 16.8 Å². The third-order valence-electron chi connectivity index (χ3n) is 3.03. The van der Waals surface area contributed by atoms with Crippen molar-refractivity contribution in [2.24, 2.45) is 0 Å². The molecule has 0 saturated carbocycles. The van der Waals surface area contributed by atoms with Gasteiger partial charge in [-0.25, -0.2) is 8.78 Å². The van der Waals surface area contributed by atoms with Crippen LogP contribution in [0.15, 0.2) is 34.8 Å². The number of fused-ring (bicyclic) bond motifs is 1. The van der Waals surface area contributed by atoms with Crippen molar-refractivity contribution in [3.63, 3.8) is 0 Å². The van der Waals surface area contributed by atoms with Crippen LogP contribution in [0.25, 0.3) is 16.7 Å². The first kappa shape index (κ1) is 13.9. The lowest BCUT2D eigenvalue weighted by molar-refractivity contribution is 0.590. The number of hydrogen-bond acceptors (Lipinski definition) is 2. The van der Waals surface area contributed by atoms with Crippen LogP contribution in [0.1, 0.15) is 5.56 Å². The van der Waals surface area contributed by atoms with Crippen LogP contribution in [0.5, 0.6) is 0 Å². The second kappa shape index (κ2) is 5.06. The van der Waals surface area contributed by atoms with E-state index in [1.54, 1.807) is 18.2 Å². The van der Waals surface area contributed by atoms with Crippen molar-refractivity contribution in [3.8, 4) is 11.8 Å². The maximum atomic E-state index is 13.8. The Balaban J connectivity index is 2.47. The Kier molecular flexibility index (Phi) is 3.35. The number of aromatic amines is 1. The second-order valence-electron chi connectivity index (χ2n) is 4.32. The molecule has 0 amide bonds. The molecule has 0 spiro atoms. The molecule has 1 heterocycles. The summed E-state index contributed by atoms with van der Waals surface area (Å²) < 4.78 is 29.7. The van der Waals surface area contributed by atoms with E-state index in [2.05, 4.69) is 20.9 Å². The number of aromatic nitrogens is 2. The zero-order valence-corrected chi connectivity index (χ0v) is 12.7. The van der Waals surface area contributed by atoms with Crippen molar-refractivity contribution < 1.29 is 8.78 Å². The van der Waals surface area contributed by atoms with Gasteiger partial charge in [0.1, 0.15) is 17.4 Å². The van der Waals surface area contributed by atoms with E-state index in [0.29, 0.717) is 11.3 Å². The molecule has 7 heteroatoms. The lowest BCUT2D eigenvalue weighted by Gasteiger charge is -2.07. The fraction of sp³-hybridized carbons (Fsp3) is 0. The molecule has 21 heavy (non-hydrogen) atoms. The van der Waals surface area contributed by atoms with Gasteiger partial charge >= 0.3 is 0 Å². The first-order chi connectivity index (χ1) is 10.0. The largest absolute Gasteiger partial charge is 0.328 e. The summed E-state index contributed by atoms with van der Waals surface area (Å²) in [5.74, 6) is -1.44. The average Bonchev–Trinajstić information content (AvgIpc) is 2.75. The van der Waals surface area contributed by atoms with Crippen molar-refractivity contribution in [2.45, 2.75) is 0 Å². The van der Waals surface area contributed by atoms with Crippen LogP contribution in [-0.2, 0) is 0 Å². The van der Waals surface area contributed by atoms with Gasteiger partial charge in [-0.2, -0.15) is 5.26 Å². The third kappa shape index (κ3) is 2.26. The van der Waals surface area contributed by atoms with E-state index < -0.39 is 11.6 Å². The van der Waals surface area contributed by atoms with Gasteiger partial charge in [-0.15, -0.1) is 0 Å². The Morgan fingerprint density at radius 1 is 1.24 bits per heavy atom. The van der Waals surface area contributed by atoms with Gasteiger partial charge in [-0.1, -0.05) is 15.9 Å². The number of halogens is 3. The number of H-pyrrole nitrogens is 1. The second-order valence-corrected chi connectivity index (χ2v) is 5.62. The van der Waals surface area contributed by atoms with Crippen LogP contribution in [0, 0.1) is 27.7 Å². The van der Waals surface area contributed by atoms with E-state index in [1.807, 2.05) is 6.07 Å². The predicted molar refractivity (Wildman–Crippen MR) is 80.8 cm³/mol. The van der Waals surface area contributed by atoms with Crippen molar-refractivity contribution in [1.29, 1.82) is 5.26 Å². The fourth-order valence-corrected chi connectivity index (χ4v) is 2.80. The summed E-state index contributed by atoms with van der Waals surface area (Å²) in [7, 11) is 0. The Labute approximate surface area is 131 Å². The topological polar surface area (TPSA) is 44.5 Å². The van der Waals surface area contributed by atoms with Crippen LogP contribution in [0.3, 0.4) is 0 Å². The Morgan fingerprint density at radius 3 is 2.71 bits per heavy atom. The van der Waals surface area contributed by atoms with Gasteiger partial charge in [-0.3, -0.25) is 4.57 Å². The number of nitrogens with zero attached hydrogens (tertiary/aromatic N) is 2. The normalized spacial score (nSPS) is 10.8. The summed E-state index contributed by atoms with van der Waals surface area (Å²) >= 11 is 8.50. The Bertz CT molecular complexity index is 969. The van der Waals surface area contributed by atoms with Gasteiger partial charge in [0, 0.05) is 16.6 Å². The highest BCUT2D eigenvalue weighted by molar-refractivity contribution is 9.10. The third-order valence-corrected chi connectivity index (χ3v) is 3.81. The monoisotopic (exact) mass is 365 g/mol. The van der Waals surface area contributed by atoms with Crippen molar-refractivity contribution in [2.75, 3.05) is 0 Å². The van der Waals surface area contributed by atoms with E-state index in [0.717, 1.165) is 10.5 Å². The molecule has 0 aliphatic carbocycles. The minimum atomic E-state index is -0.733. The zero-order valence-electron chi connectivity index (χ0n) is 10.3. The molecule has 2 aromatic carbocycles. The Hall–Kier alpha value is -2.04. The molecule has 0 radical (unpaired) electrons. The lowest BCUT2D eigenvalue weighted by atomic mass is 10.2. The number of rotatable bonds is 1. The SMILES string of the molecule is N#Cc1ccc(Br)cc1-n1c(=S)[nH]c2c(F)cc(F)cc21. The fourth-order valence-electron chi connectivity index (χ4n) is 2.16. The molecule has 1 aromatic heterocycles. The molecule has 3 nitrogen and oxygen atoms in total. The summed E-state index contributed by atoms with van der Waals surface area (Å²) in [4.78, 5) is 2.70. The number of benzene rings is 2. The number of nitrogens with one attached hydrogen (secondary N) is 1. The van der Waals surface area contributed by atoms with Gasteiger partial charge < -0.3 is 4.98 Å². The summed E-state index contributed by atoms with van der Waals surface area (Å²) in [5.41, 5.74) is 1.14. The molecule has 0 fully saturated rings. The summed E-state index contributed by atoms with van der Waals surface area (Å²) in [6.45, 7) is 0. The first-order valence-electron chi connectivity index (χ1n) is 5.81. The van der Waals surface area contributed by atoms with Crippen molar-refractivity contribution in [3.05, 3.63) is 56.8 Å². The maximum Gasteiger partial charge on any atom is 0.182 e. The van der Waals surface area contributed by atoms with Crippen LogP contribution in [0.4, 0.5) is 8.78 Å². The van der Waals surface area contributed by atoms with Crippen LogP contribution in [0.2, 0.25) is 0 Å². The quantitative estimate of drug-likeness (QED) is 0.640. The molecule has 104 valence electrons. The number of imidazole rings is 1. The van der Waals surface area contributed by atoms with Crippen LogP contribution in [-0.4, -0.2) is 9.55 Å². The molecular weight excluding hydrogens is 360 g/mol. The molecule has 0 aliphatic rings. The van der Waals surface area contributed by atoms with E-state index in [-0.39, 0.29) is 15.8 Å². The number of nitriles is 1. The van der Waals surface area contributed by atoms with E-state index >= 15 is 0 Å². The zero-order chi connectivity index (χ0) is 15.1. The molecule has 0 bridgehead atoms. The minimum absolute atomic E-state index is 0.102. The first-order valence-corrected chi connectivity index (χ1v) is 7.01.